The Balaban J connectivity index is 4.15. The molecule has 0 aromatic carbocycles. The molecule has 0 bridgehead atoms. The van der Waals surface area contributed by atoms with Crippen molar-refractivity contribution in [1.82, 2.24) is 10.2 Å². The maximum atomic E-state index is 11.5. The van der Waals surface area contributed by atoms with E-state index in [1.54, 1.807) is 19.0 Å². The van der Waals surface area contributed by atoms with Crippen molar-refractivity contribution in [3.05, 3.63) is 0 Å². The molecule has 1 unspecified atom stereocenters. The second-order valence-electron chi connectivity index (χ2n) is 4.15. The van der Waals surface area contributed by atoms with Crippen LogP contribution in [-0.4, -0.2) is 48.7 Å². The Labute approximate surface area is 86.3 Å². The van der Waals surface area contributed by atoms with Crippen molar-refractivity contribution in [2.45, 2.75) is 32.9 Å². The van der Waals surface area contributed by atoms with Crippen LogP contribution in [0, 0.1) is 5.92 Å². The number of nitrogens with one attached hydrogen (secondary N) is 1. The number of hydrogen-bond acceptors (Lipinski definition) is 3. The van der Waals surface area contributed by atoms with E-state index in [0.29, 0.717) is 5.92 Å². The second kappa shape index (κ2) is 5.98. The Morgan fingerprint density at radius 2 is 1.86 bits per heavy atom. The summed E-state index contributed by atoms with van der Waals surface area (Å²) in [6.45, 7) is 5.90. The highest BCUT2D eigenvalue weighted by atomic mass is 16.3. The van der Waals surface area contributed by atoms with Gasteiger partial charge >= 0.3 is 0 Å². The molecule has 0 saturated heterocycles. The molecule has 2 atom stereocenters. The fourth-order valence-corrected chi connectivity index (χ4v) is 1.24. The summed E-state index contributed by atoms with van der Waals surface area (Å²) in [6.07, 6.45) is 0. The van der Waals surface area contributed by atoms with Gasteiger partial charge in [-0.25, -0.2) is 0 Å². The molecule has 14 heavy (non-hydrogen) atoms. The number of hydrogen-bond donors (Lipinski definition) is 2. The van der Waals surface area contributed by atoms with E-state index in [0.717, 1.165) is 0 Å². The van der Waals surface area contributed by atoms with E-state index in [-0.39, 0.29) is 24.6 Å². The number of carbonyl (C=O) groups is 1. The lowest BCUT2D eigenvalue weighted by molar-refractivity contribution is -0.130. The Morgan fingerprint density at radius 1 is 1.36 bits per heavy atom. The molecule has 0 spiro atoms. The third-order valence-electron chi connectivity index (χ3n) is 2.28. The van der Waals surface area contributed by atoms with Crippen LogP contribution in [-0.2, 0) is 4.79 Å². The van der Waals surface area contributed by atoms with Gasteiger partial charge in [-0.2, -0.15) is 0 Å². The summed E-state index contributed by atoms with van der Waals surface area (Å²) in [5.74, 6) is 0.349. The van der Waals surface area contributed by atoms with Gasteiger partial charge in [-0.05, 0) is 12.8 Å². The fraction of sp³-hybridized carbons (Fsp3) is 0.900. The summed E-state index contributed by atoms with van der Waals surface area (Å²) in [7, 11) is 3.45. The molecule has 2 N–H and O–H groups in total. The number of aliphatic hydroxyl groups excluding tert-OH is 1. The number of rotatable bonds is 5. The molecule has 0 aliphatic rings. The zero-order valence-corrected chi connectivity index (χ0v) is 9.74. The highest BCUT2D eigenvalue weighted by Gasteiger charge is 2.20. The molecule has 0 fully saturated rings. The first-order valence-corrected chi connectivity index (χ1v) is 4.98. The summed E-state index contributed by atoms with van der Waals surface area (Å²) in [4.78, 5) is 13.0. The van der Waals surface area contributed by atoms with Crippen LogP contribution in [0.15, 0.2) is 0 Å². The topological polar surface area (TPSA) is 52.6 Å². The van der Waals surface area contributed by atoms with Crippen LogP contribution in [0.3, 0.4) is 0 Å². The number of likely N-dealkylation sites (N-methyl/N-ethyl adjacent to an activating group) is 1. The number of nitrogens with zero attached hydrogens (tertiary/aromatic N) is 1. The average Bonchev–Trinajstić information content (AvgIpc) is 2.11. The van der Waals surface area contributed by atoms with Crippen molar-refractivity contribution in [2.24, 2.45) is 5.92 Å². The second-order valence-corrected chi connectivity index (χ2v) is 4.15. The highest BCUT2D eigenvalue weighted by Crippen LogP contribution is 2.02. The maximum Gasteiger partial charge on any atom is 0.238 e. The average molecular weight is 202 g/mol. The summed E-state index contributed by atoms with van der Waals surface area (Å²) >= 11 is 0. The van der Waals surface area contributed by atoms with Gasteiger partial charge in [-0.1, -0.05) is 13.8 Å². The molecule has 0 heterocycles. The van der Waals surface area contributed by atoms with Gasteiger partial charge in [0.05, 0.1) is 12.6 Å². The lowest BCUT2D eigenvalue weighted by Crippen LogP contribution is -2.49. The van der Waals surface area contributed by atoms with Crippen molar-refractivity contribution in [1.29, 1.82) is 0 Å². The largest absolute Gasteiger partial charge is 0.395 e. The van der Waals surface area contributed by atoms with Crippen molar-refractivity contribution >= 4 is 5.91 Å². The number of carbonyl (C=O) groups excluding carboxylic acids is 1. The van der Waals surface area contributed by atoms with E-state index < -0.39 is 0 Å². The Hall–Kier alpha value is -0.610. The molecule has 0 aliphatic carbocycles. The molecular weight excluding hydrogens is 180 g/mol. The van der Waals surface area contributed by atoms with Crippen LogP contribution in [0.4, 0.5) is 0 Å². The van der Waals surface area contributed by atoms with E-state index in [1.165, 1.54) is 0 Å². The molecule has 0 saturated carbocycles. The maximum absolute atomic E-state index is 11.5. The minimum Gasteiger partial charge on any atom is -0.395 e. The van der Waals surface area contributed by atoms with E-state index in [2.05, 4.69) is 5.32 Å². The van der Waals surface area contributed by atoms with Crippen LogP contribution in [0.1, 0.15) is 20.8 Å². The Bertz CT molecular complexity index is 181. The minimum atomic E-state index is -0.246. The zero-order valence-electron chi connectivity index (χ0n) is 9.74. The van der Waals surface area contributed by atoms with E-state index in [4.69, 9.17) is 5.11 Å². The van der Waals surface area contributed by atoms with Gasteiger partial charge in [0.1, 0.15) is 0 Å². The molecule has 1 amide bonds. The summed E-state index contributed by atoms with van der Waals surface area (Å²) in [6, 6.07) is -0.265. The molecule has 0 aromatic heterocycles. The number of amides is 1. The van der Waals surface area contributed by atoms with E-state index in [9.17, 15) is 4.79 Å². The summed E-state index contributed by atoms with van der Waals surface area (Å²) in [5, 5.41) is 12.2. The van der Waals surface area contributed by atoms with Gasteiger partial charge in [0, 0.05) is 20.1 Å². The summed E-state index contributed by atoms with van der Waals surface area (Å²) in [5.41, 5.74) is 0. The van der Waals surface area contributed by atoms with Crippen molar-refractivity contribution in [2.75, 3.05) is 20.7 Å². The van der Waals surface area contributed by atoms with Crippen molar-refractivity contribution in [3.8, 4) is 0 Å². The van der Waals surface area contributed by atoms with Crippen LogP contribution < -0.4 is 5.32 Å². The van der Waals surface area contributed by atoms with Gasteiger partial charge in [-0.3, -0.25) is 4.79 Å². The summed E-state index contributed by atoms with van der Waals surface area (Å²) < 4.78 is 0. The monoisotopic (exact) mass is 202 g/mol. The third kappa shape index (κ3) is 4.07. The minimum absolute atomic E-state index is 0.0195. The van der Waals surface area contributed by atoms with Gasteiger partial charge < -0.3 is 15.3 Å². The molecule has 0 rings (SSSR count). The highest BCUT2D eigenvalue weighted by molar-refractivity contribution is 5.80. The predicted molar refractivity (Wildman–Crippen MR) is 57.0 cm³/mol. The normalized spacial score (nSPS) is 15.4. The van der Waals surface area contributed by atoms with E-state index >= 15 is 0 Å². The Kier molecular flexibility index (Phi) is 5.72. The predicted octanol–water partition coefficient (Wildman–Crippen LogP) is 0.0696. The van der Waals surface area contributed by atoms with E-state index in [1.807, 2.05) is 20.8 Å². The molecule has 0 aliphatic heterocycles. The van der Waals surface area contributed by atoms with Crippen LogP contribution in [0.5, 0.6) is 0 Å². The third-order valence-corrected chi connectivity index (χ3v) is 2.28. The van der Waals surface area contributed by atoms with Gasteiger partial charge in [0.15, 0.2) is 0 Å². The molecule has 0 aromatic rings. The van der Waals surface area contributed by atoms with Crippen molar-refractivity contribution < 1.29 is 9.90 Å². The van der Waals surface area contributed by atoms with Crippen molar-refractivity contribution in [3.63, 3.8) is 0 Å². The van der Waals surface area contributed by atoms with Crippen LogP contribution in [0.25, 0.3) is 0 Å². The quantitative estimate of drug-likeness (QED) is 0.663. The lowest BCUT2D eigenvalue weighted by Gasteiger charge is -2.25. The molecule has 84 valence electrons. The first kappa shape index (κ1) is 13.4. The zero-order chi connectivity index (χ0) is 11.3. The van der Waals surface area contributed by atoms with Gasteiger partial charge in [0.25, 0.3) is 0 Å². The van der Waals surface area contributed by atoms with Gasteiger partial charge in [0.2, 0.25) is 5.91 Å². The van der Waals surface area contributed by atoms with Crippen LogP contribution in [0.2, 0.25) is 0 Å². The fourth-order valence-electron chi connectivity index (χ4n) is 1.24. The number of aliphatic hydroxyl groups is 1. The smallest absolute Gasteiger partial charge is 0.238 e. The molecule has 4 nitrogen and oxygen atoms in total. The molecular formula is C10H22N2O2. The van der Waals surface area contributed by atoms with Crippen LogP contribution >= 0.6 is 0 Å². The Morgan fingerprint density at radius 3 is 2.14 bits per heavy atom. The first-order chi connectivity index (χ1) is 6.40. The molecule has 0 radical (unpaired) electrons. The molecule has 4 heteroatoms. The lowest BCUT2D eigenvalue weighted by atomic mass is 10.0. The van der Waals surface area contributed by atoms with Gasteiger partial charge in [-0.15, -0.1) is 0 Å². The standard InChI is InChI=1S/C10H22N2O2/c1-7(2)9(6-13)11-8(3)10(14)12(4)5/h7-9,11,13H,6H2,1-5H3/t8?,9-/m1/s1. The SMILES string of the molecule is CC(N[C@H](CO)C(C)C)C(=O)N(C)C. The first-order valence-electron chi connectivity index (χ1n) is 4.98.